The van der Waals surface area contributed by atoms with Gasteiger partial charge in [-0.15, -0.1) is 0 Å². The summed E-state index contributed by atoms with van der Waals surface area (Å²) in [6, 6.07) is 6.64. The number of nitrogens with zero attached hydrogens (tertiary/aromatic N) is 1. The average Bonchev–Trinajstić information content (AvgIpc) is 3.10. The summed E-state index contributed by atoms with van der Waals surface area (Å²) in [4.78, 5) is 45.5. The van der Waals surface area contributed by atoms with Gasteiger partial charge in [-0.1, -0.05) is 12.1 Å². The third-order valence-electron chi connectivity index (χ3n) is 3.23. The number of nitro benzene ring substituents is 1. The maximum absolute atomic E-state index is 12.0. The minimum atomic E-state index is -1.04. The largest absolute Gasteiger partial charge is 0.467 e. The molecular formula is C16H15N3O7. The summed E-state index contributed by atoms with van der Waals surface area (Å²) >= 11 is 0. The molecule has 0 unspecified atom stereocenters. The number of para-hydroxylation sites is 1. The van der Waals surface area contributed by atoms with Crippen molar-refractivity contribution in [1.29, 1.82) is 0 Å². The Hall–Kier alpha value is -3.69. The van der Waals surface area contributed by atoms with Crippen molar-refractivity contribution in [2.24, 2.45) is 0 Å². The third kappa shape index (κ3) is 4.90. The van der Waals surface area contributed by atoms with Crippen LogP contribution in [0.25, 0.3) is 0 Å². The van der Waals surface area contributed by atoms with Gasteiger partial charge in [0.15, 0.2) is 6.61 Å². The number of urea groups is 1. The highest BCUT2D eigenvalue weighted by atomic mass is 16.6. The SMILES string of the molecule is Cc1cccc(C(=O)OCC(=O)NC(=O)NCc2ccco2)c1[N+](=O)[O-]. The zero-order chi connectivity index (χ0) is 19.1. The van der Waals surface area contributed by atoms with E-state index in [4.69, 9.17) is 9.15 Å². The molecule has 26 heavy (non-hydrogen) atoms. The molecule has 2 aromatic rings. The van der Waals surface area contributed by atoms with Crippen molar-refractivity contribution in [2.75, 3.05) is 6.61 Å². The number of hydrogen-bond donors (Lipinski definition) is 2. The molecule has 2 N–H and O–H groups in total. The number of nitro groups is 1. The maximum Gasteiger partial charge on any atom is 0.345 e. The molecule has 136 valence electrons. The molecule has 0 aliphatic carbocycles. The topological polar surface area (TPSA) is 141 Å². The number of imide groups is 1. The Morgan fingerprint density at radius 3 is 2.65 bits per heavy atom. The van der Waals surface area contributed by atoms with Gasteiger partial charge in [0.2, 0.25) is 0 Å². The van der Waals surface area contributed by atoms with Gasteiger partial charge in [-0.2, -0.15) is 0 Å². The lowest BCUT2D eigenvalue weighted by molar-refractivity contribution is -0.385. The Labute approximate surface area is 147 Å². The number of aryl methyl sites for hydroxylation is 1. The summed E-state index contributed by atoms with van der Waals surface area (Å²) in [6.45, 7) is 0.782. The summed E-state index contributed by atoms with van der Waals surface area (Å²) in [5.74, 6) is -1.43. The predicted octanol–water partition coefficient (Wildman–Crippen LogP) is 1.68. The van der Waals surface area contributed by atoms with Gasteiger partial charge in [-0.25, -0.2) is 9.59 Å². The van der Waals surface area contributed by atoms with E-state index in [1.54, 1.807) is 12.1 Å². The van der Waals surface area contributed by atoms with Crippen molar-refractivity contribution >= 4 is 23.6 Å². The summed E-state index contributed by atoms with van der Waals surface area (Å²) < 4.78 is 9.74. The highest BCUT2D eigenvalue weighted by Gasteiger charge is 2.24. The van der Waals surface area contributed by atoms with E-state index in [1.807, 2.05) is 5.32 Å². The molecule has 0 aliphatic heterocycles. The maximum atomic E-state index is 12.0. The number of ether oxygens (including phenoxy) is 1. The summed E-state index contributed by atoms with van der Waals surface area (Å²) in [5, 5.41) is 15.4. The van der Waals surface area contributed by atoms with E-state index in [0.29, 0.717) is 5.76 Å². The highest BCUT2D eigenvalue weighted by Crippen LogP contribution is 2.23. The van der Waals surface area contributed by atoms with Crippen LogP contribution in [0, 0.1) is 17.0 Å². The molecule has 0 radical (unpaired) electrons. The van der Waals surface area contributed by atoms with Crippen molar-refractivity contribution in [3.8, 4) is 0 Å². The smallest absolute Gasteiger partial charge is 0.345 e. The highest BCUT2D eigenvalue weighted by molar-refractivity contribution is 5.98. The number of esters is 1. The number of carbonyl (C=O) groups excluding carboxylic acids is 3. The number of hydrogen-bond acceptors (Lipinski definition) is 7. The first-order valence-corrected chi connectivity index (χ1v) is 7.39. The van der Waals surface area contributed by atoms with Crippen LogP contribution < -0.4 is 10.6 Å². The summed E-state index contributed by atoms with van der Waals surface area (Å²) in [6.07, 6.45) is 1.43. The van der Waals surface area contributed by atoms with Gasteiger partial charge >= 0.3 is 12.0 Å². The van der Waals surface area contributed by atoms with Crippen LogP contribution in [-0.2, 0) is 16.1 Å². The normalized spacial score (nSPS) is 10.0. The Morgan fingerprint density at radius 1 is 1.23 bits per heavy atom. The Balaban J connectivity index is 1.85. The Morgan fingerprint density at radius 2 is 2.00 bits per heavy atom. The first-order valence-electron chi connectivity index (χ1n) is 7.39. The lowest BCUT2D eigenvalue weighted by Gasteiger charge is -2.07. The molecular weight excluding hydrogens is 346 g/mol. The fourth-order valence-corrected chi connectivity index (χ4v) is 2.06. The molecule has 0 atom stereocenters. The molecule has 0 saturated heterocycles. The average molecular weight is 361 g/mol. The van der Waals surface area contributed by atoms with Crippen molar-refractivity contribution in [2.45, 2.75) is 13.5 Å². The number of nitrogens with one attached hydrogen (secondary N) is 2. The van der Waals surface area contributed by atoms with E-state index in [-0.39, 0.29) is 17.7 Å². The molecule has 0 aliphatic rings. The molecule has 1 aromatic carbocycles. The van der Waals surface area contributed by atoms with Gasteiger partial charge in [0, 0.05) is 5.56 Å². The first kappa shape index (κ1) is 18.6. The van der Waals surface area contributed by atoms with Gasteiger partial charge in [-0.3, -0.25) is 20.2 Å². The summed E-state index contributed by atoms with van der Waals surface area (Å²) in [5.41, 5.74) is -0.384. The van der Waals surface area contributed by atoms with Crippen molar-refractivity contribution in [1.82, 2.24) is 10.6 Å². The molecule has 0 fully saturated rings. The number of amides is 3. The molecule has 1 aromatic heterocycles. The molecule has 3 amide bonds. The second-order valence-corrected chi connectivity index (χ2v) is 5.11. The number of carbonyl (C=O) groups is 3. The monoisotopic (exact) mass is 361 g/mol. The van der Waals surface area contributed by atoms with E-state index in [0.717, 1.165) is 0 Å². The van der Waals surface area contributed by atoms with E-state index in [2.05, 4.69) is 5.32 Å². The number of furan rings is 1. The van der Waals surface area contributed by atoms with Crippen molar-refractivity contribution in [3.63, 3.8) is 0 Å². The van der Waals surface area contributed by atoms with Crippen LogP contribution in [0.4, 0.5) is 10.5 Å². The summed E-state index contributed by atoms with van der Waals surface area (Å²) in [7, 11) is 0. The van der Waals surface area contributed by atoms with Gasteiger partial charge in [0.05, 0.1) is 17.7 Å². The van der Waals surface area contributed by atoms with Crippen LogP contribution in [0.1, 0.15) is 21.7 Å². The third-order valence-corrected chi connectivity index (χ3v) is 3.23. The van der Waals surface area contributed by atoms with E-state index in [9.17, 15) is 24.5 Å². The molecule has 0 bridgehead atoms. The van der Waals surface area contributed by atoms with Gasteiger partial charge in [0.25, 0.3) is 11.6 Å². The second-order valence-electron chi connectivity index (χ2n) is 5.11. The van der Waals surface area contributed by atoms with E-state index >= 15 is 0 Å². The molecule has 0 saturated carbocycles. The fourth-order valence-electron chi connectivity index (χ4n) is 2.06. The molecule has 2 rings (SSSR count). The Bertz CT molecular complexity index is 830. The standard InChI is InChI=1S/C16H15N3O7/c1-10-4-2-6-12(14(10)19(23)24)15(21)26-9-13(20)18-16(22)17-8-11-5-3-7-25-11/h2-7H,8-9H2,1H3,(H2,17,18,20,22). The molecule has 10 heteroatoms. The second kappa shape index (κ2) is 8.42. The fraction of sp³-hybridized carbons (Fsp3) is 0.188. The lowest BCUT2D eigenvalue weighted by atomic mass is 10.1. The van der Waals surface area contributed by atoms with Crippen molar-refractivity contribution < 1.29 is 28.5 Å². The molecule has 0 spiro atoms. The zero-order valence-electron chi connectivity index (χ0n) is 13.7. The van der Waals surface area contributed by atoms with Crippen LogP contribution in [0.2, 0.25) is 0 Å². The Kier molecular flexibility index (Phi) is 6.04. The zero-order valence-corrected chi connectivity index (χ0v) is 13.7. The lowest BCUT2D eigenvalue weighted by Crippen LogP contribution is -2.41. The minimum absolute atomic E-state index is 0.0708. The van der Waals surface area contributed by atoms with Crippen LogP contribution in [0.3, 0.4) is 0 Å². The number of rotatable bonds is 6. The van der Waals surface area contributed by atoms with Gasteiger partial charge in [0.1, 0.15) is 11.3 Å². The van der Waals surface area contributed by atoms with Crippen molar-refractivity contribution in [3.05, 3.63) is 63.6 Å². The number of benzene rings is 1. The predicted molar refractivity (Wildman–Crippen MR) is 87.2 cm³/mol. The van der Waals surface area contributed by atoms with Crippen LogP contribution in [-0.4, -0.2) is 29.4 Å². The molecule has 10 nitrogen and oxygen atoms in total. The van der Waals surface area contributed by atoms with Crippen LogP contribution in [0.15, 0.2) is 41.0 Å². The minimum Gasteiger partial charge on any atom is -0.467 e. The van der Waals surface area contributed by atoms with E-state index < -0.39 is 35.1 Å². The quantitative estimate of drug-likeness (QED) is 0.453. The van der Waals surface area contributed by atoms with E-state index in [1.165, 1.54) is 31.4 Å². The first-order chi connectivity index (χ1) is 12.4. The van der Waals surface area contributed by atoms with Crippen LogP contribution >= 0.6 is 0 Å². The molecule has 1 heterocycles. The van der Waals surface area contributed by atoms with Gasteiger partial charge < -0.3 is 14.5 Å². The van der Waals surface area contributed by atoms with Gasteiger partial charge in [-0.05, 0) is 25.1 Å². The van der Waals surface area contributed by atoms with Crippen LogP contribution in [0.5, 0.6) is 0 Å².